The molecule has 0 N–H and O–H groups in total. The highest BCUT2D eigenvalue weighted by molar-refractivity contribution is 6.17. The van der Waals surface area contributed by atoms with E-state index in [1.54, 1.807) is 0 Å². The van der Waals surface area contributed by atoms with Crippen LogP contribution in [-0.4, -0.2) is 16.0 Å². The number of para-hydroxylation sites is 1. The molecule has 0 spiro atoms. The zero-order valence-electron chi connectivity index (χ0n) is 12.1. The van der Waals surface area contributed by atoms with Crippen molar-refractivity contribution in [3.63, 3.8) is 0 Å². The highest BCUT2D eigenvalue weighted by Gasteiger charge is 2.16. The third-order valence-electron chi connectivity index (χ3n) is 3.45. The molecule has 2 heterocycles. The molecular weight excluding hydrogens is 284 g/mol. The lowest BCUT2D eigenvalue weighted by atomic mass is 10.1. The number of nitrogens with zero attached hydrogens (tertiary/aromatic N) is 2. The van der Waals surface area contributed by atoms with Crippen molar-refractivity contribution < 1.29 is 4.74 Å². The van der Waals surface area contributed by atoms with E-state index in [-0.39, 0.29) is 0 Å². The van der Waals surface area contributed by atoms with Crippen molar-refractivity contribution in [1.29, 1.82) is 0 Å². The first-order valence-corrected chi connectivity index (χ1v) is 7.53. The second-order valence-corrected chi connectivity index (χ2v) is 5.17. The third kappa shape index (κ3) is 2.49. The highest BCUT2D eigenvalue weighted by Crippen LogP contribution is 2.33. The Labute approximate surface area is 129 Å². The summed E-state index contributed by atoms with van der Waals surface area (Å²) in [7, 11) is 0. The molecule has 3 rings (SSSR count). The summed E-state index contributed by atoms with van der Waals surface area (Å²) in [6.07, 6.45) is 2.02. The topological polar surface area (TPSA) is 26.5 Å². The zero-order valence-corrected chi connectivity index (χ0v) is 12.9. The third-order valence-corrected chi connectivity index (χ3v) is 3.70. The summed E-state index contributed by atoms with van der Waals surface area (Å²) in [5, 5.41) is 0. The number of hydrogen-bond donors (Lipinski definition) is 0. The molecule has 0 saturated heterocycles. The maximum atomic E-state index is 6.17. The van der Waals surface area contributed by atoms with Crippen molar-refractivity contribution >= 4 is 17.2 Å². The monoisotopic (exact) mass is 300 g/mol. The minimum absolute atomic E-state index is 0.403. The van der Waals surface area contributed by atoms with Crippen molar-refractivity contribution in [2.45, 2.75) is 19.7 Å². The fourth-order valence-corrected chi connectivity index (χ4v) is 2.74. The molecule has 0 bridgehead atoms. The molecule has 0 aliphatic rings. The van der Waals surface area contributed by atoms with E-state index < -0.39 is 0 Å². The Hall–Kier alpha value is -2.00. The van der Waals surface area contributed by atoms with Crippen LogP contribution in [0.1, 0.15) is 18.2 Å². The van der Waals surface area contributed by atoms with Gasteiger partial charge in [-0.05, 0) is 43.7 Å². The first kappa shape index (κ1) is 14.0. The quantitative estimate of drug-likeness (QED) is 0.666. The number of imidazole rings is 1. The van der Waals surface area contributed by atoms with Crippen molar-refractivity contribution in [1.82, 2.24) is 9.38 Å². The lowest BCUT2D eigenvalue weighted by Crippen LogP contribution is -1.96. The number of alkyl halides is 1. The molecule has 0 fully saturated rings. The fraction of sp³-hybridized carbons (Fsp3) is 0.235. The van der Waals surface area contributed by atoms with Crippen LogP contribution in [0.4, 0.5) is 0 Å². The summed E-state index contributed by atoms with van der Waals surface area (Å²) in [4.78, 5) is 4.76. The smallest absolute Gasteiger partial charge is 0.137 e. The van der Waals surface area contributed by atoms with Crippen molar-refractivity contribution in [2.24, 2.45) is 0 Å². The fourth-order valence-electron chi connectivity index (χ4n) is 2.48. The van der Waals surface area contributed by atoms with Gasteiger partial charge in [-0.3, -0.25) is 0 Å². The Morgan fingerprint density at radius 3 is 2.81 bits per heavy atom. The second-order valence-electron chi connectivity index (χ2n) is 4.90. The number of hydrogen-bond acceptors (Lipinski definition) is 2. The molecule has 3 nitrogen and oxygen atoms in total. The average molecular weight is 301 g/mol. The average Bonchev–Trinajstić information content (AvgIpc) is 2.85. The van der Waals surface area contributed by atoms with Gasteiger partial charge in [0.1, 0.15) is 11.4 Å². The number of fused-ring (bicyclic) bond motifs is 1. The highest BCUT2D eigenvalue weighted by atomic mass is 35.5. The van der Waals surface area contributed by atoms with Crippen LogP contribution in [0.3, 0.4) is 0 Å². The maximum absolute atomic E-state index is 6.17. The molecule has 108 valence electrons. The van der Waals surface area contributed by atoms with Crippen LogP contribution in [-0.2, 0) is 5.88 Å². The minimum atomic E-state index is 0.403. The lowest BCUT2D eigenvalue weighted by molar-refractivity contribution is 0.341. The predicted molar refractivity (Wildman–Crippen MR) is 86.1 cm³/mol. The van der Waals surface area contributed by atoms with E-state index in [0.717, 1.165) is 28.3 Å². The first-order valence-electron chi connectivity index (χ1n) is 7.00. The van der Waals surface area contributed by atoms with Gasteiger partial charge in [0, 0.05) is 11.8 Å². The standard InChI is InChI=1S/C17H17ClN2O/c1-3-21-15-7-5-4-6-13(15)17-14(11-18)20-9-8-12(2)10-16(20)19-17/h4-10H,3,11H2,1-2H3. The Kier molecular flexibility index (Phi) is 3.84. The minimum Gasteiger partial charge on any atom is -0.493 e. The molecule has 0 saturated carbocycles. The Balaban J connectivity index is 2.25. The molecule has 3 aromatic rings. The summed E-state index contributed by atoms with van der Waals surface area (Å²) in [6, 6.07) is 12.1. The van der Waals surface area contributed by atoms with Gasteiger partial charge in [-0.25, -0.2) is 4.98 Å². The second kappa shape index (κ2) is 5.78. The summed E-state index contributed by atoms with van der Waals surface area (Å²) < 4.78 is 7.76. The Morgan fingerprint density at radius 1 is 1.24 bits per heavy atom. The predicted octanol–water partition coefficient (Wildman–Crippen LogP) is 4.45. The van der Waals surface area contributed by atoms with Crippen LogP contribution in [0, 0.1) is 6.92 Å². The molecule has 0 aliphatic heterocycles. The molecular formula is C17H17ClN2O. The number of pyridine rings is 1. The summed E-state index contributed by atoms with van der Waals surface area (Å²) in [5.74, 6) is 1.24. The summed E-state index contributed by atoms with van der Waals surface area (Å²) in [5.41, 5.74) is 4.94. The van der Waals surface area contributed by atoms with Gasteiger partial charge in [-0.15, -0.1) is 11.6 Å². The first-order chi connectivity index (χ1) is 10.2. The van der Waals surface area contributed by atoms with E-state index in [1.165, 1.54) is 5.56 Å². The van der Waals surface area contributed by atoms with Crippen LogP contribution >= 0.6 is 11.6 Å². The molecule has 4 heteroatoms. The van der Waals surface area contributed by atoms with E-state index in [2.05, 4.69) is 19.1 Å². The van der Waals surface area contributed by atoms with E-state index in [9.17, 15) is 0 Å². The van der Waals surface area contributed by atoms with Crippen LogP contribution < -0.4 is 4.74 Å². The summed E-state index contributed by atoms with van der Waals surface area (Å²) in [6.45, 7) is 4.66. The molecule has 0 unspecified atom stereocenters. The molecule has 0 aliphatic carbocycles. The molecule has 0 radical (unpaired) electrons. The van der Waals surface area contributed by atoms with Gasteiger partial charge in [0.15, 0.2) is 0 Å². The van der Waals surface area contributed by atoms with Crippen LogP contribution in [0.25, 0.3) is 16.9 Å². The lowest BCUT2D eigenvalue weighted by Gasteiger charge is -2.09. The van der Waals surface area contributed by atoms with Gasteiger partial charge >= 0.3 is 0 Å². The molecule has 2 aromatic heterocycles. The largest absolute Gasteiger partial charge is 0.493 e. The van der Waals surface area contributed by atoms with Crippen LogP contribution in [0.5, 0.6) is 5.75 Å². The van der Waals surface area contributed by atoms with Crippen molar-refractivity contribution in [3.8, 4) is 17.0 Å². The summed E-state index contributed by atoms with van der Waals surface area (Å²) >= 11 is 6.17. The van der Waals surface area contributed by atoms with Gasteiger partial charge < -0.3 is 9.14 Å². The molecule has 0 amide bonds. The van der Waals surface area contributed by atoms with Gasteiger partial charge in [0.05, 0.1) is 23.9 Å². The van der Waals surface area contributed by atoms with Gasteiger partial charge in [0.25, 0.3) is 0 Å². The van der Waals surface area contributed by atoms with Crippen molar-refractivity contribution in [3.05, 3.63) is 53.9 Å². The Bertz CT molecular complexity index is 780. The Morgan fingerprint density at radius 2 is 2.05 bits per heavy atom. The van der Waals surface area contributed by atoms with Gasteiger partial charge in [0.2, 0.25) is 0 Å². The molecule has 1 aromatic carbocycles. The molecule has 21 heavy (non-hydrogen) atoms. The van der Waals surface area contributed by atoms with E-state index >= 15 is 0 Å². The maximum Gasteiger partial charge on any atom is 0.137 e. The number of aryl methyl sites for hydroxylation is 1. The van der Waals surface area contributed by atoms with Gasteiger partial charge in [-0.2, -0.15) is 0 Å². The number of rotatable bonds is 4. The number of halogens is 1. The molecule has 0 atom stereocenters. The van der Waals surface area contributed by atoms with E-state index in [0.29, 0.717) is 12.5 Å². The van der Waals surface area contributed by atoms with E-state index in [1.807, 2.05) is 41.8 Å². The zero-order chi connectivity index (χ0) is 14.8. The number of benzene rings is 1. The SMILES string of the molecule is CCOc1ccccc1-c1nc2cc(C)ccn2c1CCl. The van der Waals surface area contributed by atoms with Gasteiger partial charge in [-0.1, -0.05) is 12.1 Å². The number of ether oxygens (including phenoxy) is 1. The van der Waals surface area contributed by atoms with E-state index in [4.69, 9.17) is 21.3 Å². The normalized spacial score (nSPS) is 11.0. The van der Waals surface area contributed by atoms with Crippen LogP contribution in [0.2, 0.25) is 0 Å². The number of aromatic nitrogens is 2. The van der Waals surface area contributed by atoms with Crippen LogP contribution in [0.15, 0.2) is 42.6 Å². The van der Waals surface area contributed by atoms with Crippen molar-refractivity contribution in [2.75, 3.05) is 6.61 Å².